The molecule has 1 aromatic rings. The molecule has 2 N–H and O–H groups in total. The number of aromatic nitrogens is 1. The standard InChI is InChI=1S/C12H15ClN2/c13-11-4-2-8(6-15-11)10-5-7-1-3-9(10)12(7)14/h2,4,6-7,9-10,12H,1,3,5,14H2/t7-,9+,10+,12-/m0/s1. The predicted molar refractivity (Wildman–Crippen MR) is 60.8 cm³/mol. The van der Waals surface area contributed by atoms with Crippen LogP contribution in [0.5, 0.6) is 0 Å². The van der Waals surface area contributed by atoms with Crippen LogP contribution in [0.25, 0.3) is 0 Å². The van der Waals surface area contributed by atoms with Crippen LogP contribution in [-0.4, -0.2) is 11.0 Å². The number of rotatable bonds is 1. The highest BCUT2D eigenvalue weighted by molar-refractivity contribution is 6.29. The van der Waals surface area contributed by atoms with Gasteiger partial charge >= 0.3 is 0 Å². The van der Waals surface area contributed by atoms with Crippen molar-refractivity contribution in [1.29, 1.82) is 0 Å². The number of nitrogens with zero attached hydrogens (tertiary/aromatic N) is 1. The van der Waals surface area contributed by atoms with Crippen LogP contribution in [-0.2, 0) is 0 Å². The lowest BCUT2D eigenvalue weighted by molar-refractivity contribution is 0.417. The Labute approximate surface area is 94.8 Å². The molecule has 0 aliphatic heterocycles. The first-order valence-electron chi connectivity index (χ1n) is 5.63. The summed E-state index contributed by atoms with van der Waals surface area (Å²) in [6, 6.07) is 4.41. The second kappa shape index (κ2) is 3.46. The summed E-state index contributed by atoms with van der Waals surface area (Å²) in [5, 5.41) is 0.575. The molecule has 1 heterocycles. The van der Waals surface area contributed by atoms with Crippen LogP contribution in [0.3, 0.4) is 0 Å². The molecule has 0 aromatic carbocycles. The summed E-state index contributed by atoms with van der Waals surface area (Å²) >= 11 is 5.79. The van der Waals surface area contributed by atoms with E-state index in [0.29, 0.717) is 23.0 Å². The van der Waals surface area contributed by atoms with Gasteiger partial charge in [0.1, 0.15) is 5.15 Å². The molecule has 80 valence electrons. The molecule has 0 saturated heterocycles. The van der Waals surface area contributed by atoms with Gasteiger partial charge in [-0.05, 0) is 48.6 Å². The minimum absolute atomic E-state index is 0.422. The first-order valence-corrected chi connectivity index (χ1v) is 6.00. The average molecular weight is 223 g/mol. The summed E-state index contributed by atoms with van der Waals surface area (Å²) in [6.07, 6.45) is 5.78. The quantitative estimate of drug-likeness (QED) is 0.742. The number of hydrogen-bond donors (Lipinski definition) is 1. The Morgan fingerprint density at radius 3 is 2.73 bits per heavy atom. The molecular formula is C12H15ClN2. The van der Waals surface area contributed by atoms with Gasteiger partial charge < -0.3 is 5.73 Å². The SMILES string of the molecule is N[C@H]1[C@H]2CC[C@@H]1[C@@H](c1ccc(Cl)nc1)C2. The van der Waals surface area contributed by atoms with E-state index in [2.05, 4.69) is 11.1 Å². The Bertz CT molecular complexity index is 362. The highest BCUT2D eigenvalue weighted by Gasteiger charge is 2.46. The molecule has 2 saturated carbocycles. The molecule has 0 radical (unpaired) electrons. The lowest BCUT2D eigenvalue weighted by atomic mass is 9.84. The molecule has 0 unspecified atom stereocenters. The van der Waals surface area contributed by atoms with Gasteiger partial charge in [-0.2, -0.15) is 0 Å². The van der Waals surface area contributed by atoms with E-state index in [9.17, 15) is 0 Å². The number of halogens is 1. The third-order valence-electron chi connectivity index (χ3n) is 4.16. The molecule has 3 rings (SSSR count). The second-order valence-electron chi connectivity index (χ2n) is 4.84. The minimum Gasteiger partial charge on any atom is -0.327 e. The van der Waals surface area contributed by atoms with Gasteiger partial charge in [-0.1, -0.05) is 17.7 Å². The van der Waals surface area contributed by atoms with Gasteiger partial charge in [-0.25, -0.2) is 4.98 Å². The smallest absolute Gasteiger partial charge is 0.129 e. The third-order valence-corrected chi connectivity index (χ3v) is 4.39. The maximum Gasteiger partial charge on any atom is 0.129 e. The van der Waals surface area contributed by atoms with E-state index in [4.69, 9.17) is 17.3 Å². The Hall–Kier alpha value is -0.600. The van der Waals surface area contributed by atoms with Gasteiger partial charge in [0.15, 0.2) is 0 Å². The van der Waals surface area contributed by atoms with Gasteiger partial charge in [-0.3, -0.25) is 0 Å². The molecular weight excluding hydrogens is 208 g/mol. The van der Waals surface area contributed by atoms with E-state index in [1.807, 2.05) is 12.3 Å². The zero-order chi connectivity index (χ0) is 10.4. The molecule has 2 aliphatic carbocycles. The maximum atomic E-state index is 6.20. The number of hydrogen-bond acceptors (Lipinski definition) is 2. The average Bonchev–Trinajstić information content (AvgIpc) is 2.75. The largest absolute Gasteiger partial charge is 0.327 e. The van der Waals surface area contributed by atoms with Crippen LogP contribution in [0.1, 0.15) is 30.7 Å². The molecule has 4 atom stereocenters. The topological polar surface area (TPSA) is 38.9 Å². The van der Waals surface area contributed by atoms with Crippen molar-refractivity contribution in [3.63, 3.8) is 0 Å². The fourth-order valence-electron chi connectivity index (χ4n) is 3.38. The lowest BCUT2D eigenvalue weighted by Crippen LogP contribution is -2.25. The molecule has 0 spiro atoms. The van der Waals surface area contributed by atoms with Crippen molar-refractivity contribution < 1.29 is 0 Å². The predicted octanol–water partition coefficient (Wildman–Crippen LogP) is 2.58. The molecule has 3 heteroatoms. The van der Waals surface area contributed by atoms with Crippen LogP contribution >= 0.6 is 11.6 Å². The van der Waals surface area contributed by atoms with E-state index < -0.39 is 0 Å². The third kappa shape index (κ3) is 1.47. The number of pyridine rings is 1. The van der Waals surface area contributed by atoms with E-state index in [1.165, 1.54) is 24.8 Å². The van der Waals surface area contributed by atoms with Crippen molar-refractivity contribution in [2.24, 2.45) is 17.6 Å². The number of fused-ring (bicyclic) bond motifs is 2. The highest BCUT2D eigenvalue weighted by Crippen LogP contribution is 2.51. The van der Waals surface area contributed by atoms with Crippen molar-refractivity contribution in [3.8, 4) is 0 Å². The molecule has 2 bridgehead atoms. The van der Waals surface area contributed by atoms with E-state index in [0.717, 1.165) is 5.92 Å². The summed E-state index contributed by atoms with van der Waals surface area (Å²) in [4.78, 5) is 4.16. The summed E-state index contributed by atoms with van der Waals surface area (Å²) in [5.74, 6) is 2.05. The Kier molecular flexibility index (Phi) is 2.22. The zero-order valence-electron chi connectivity index (χ0n) is 8.57. The van der Waals surface area contributed by atoms with E-state index in [1.54, 1.807) is 0 Å². The first-order chi connectivity index (χ1) is 7.25. The van der Waals surface area contributed by atoms with Crippen molar-refractivity contribution in [1.82, 2.24) is 4.98 Å². The Morgan fingerprint density at radius 2 is 2.20 bits per heavy atom. The van der Waals surface area contributed by atoms with Gasteiger partial charge in [0.2, 0.25) is 0 Å². The fourth-order valence-corrected chi connectivity index (χ4v) is 3.49. The molecule has 1 aromatic heterocycles. The van der Waals surface area contributed by atoms with E-state index >= 15 is 0 Å². The zero-order valence-corrected chi connectivity index (χ0v) is 9.32. The normalized spacial score (nSPS) is 38.5. The molecule has 2 nitrogen and oxygen atoms in total. The first kappa shape index (κ1) is 9.61. The second-order valence-corrected chi connectivity index (χ2v) is 5.22. The minimum atomic E-state index is 0.422. The van der Waals surface area contributed by atoms with Gasteiger partial charge in [0.05, 0.1) is 0 Å². The van der Waals surface area contributed by atoms with Crippen molar-refractivity contribution in [2.45, 2.75) is 31.2 Å². The number of nitrogens with two attached hydrogens (primary N) is 1. The van der Waals surface area contributed by atoms with Crippen LogP contribution in [0.2, 0.25) is 5.15 Å². The van der Waals surface area contributed by atoms with Crippen LogP contribution in [0.4, 0.5) is 0 Å². The molecule has 2 fully saturated rings. The van der Waals surface area contributed by atoms with Crippen LogP contribution in [0.15, 0.2) is 18.3 Å². The molecule has 2 aliphatic rings. The van der Waals surface area contributed by atoms with Gasteiger partial charge in [-0.15, -0.1) is 0 Å². The monoisotopic (exact) mass is 222 g/mol. The van der Waals surface area contributed by atoms with E-state index in [-0.39, 0.29) is 0 Å². The molecule has 15 heavy (non-hydrogen) atoms. The fraction of sp³-hybridized carbons (Fsp3) is 0.583. The van der Waals surface area contributed by atoms with Crippen LogP contribution < -0.4 is 5.73 Å². The molecule has 0 amide bonds. The summed E-state index contributed by atoms with van der Waals surface area (Å²) < 4.78 is 0. The van der Waals surface area contributed by atoms with Crippen LogP contribution in [0, 0.1) is 11.8 Å². The van der Waals surface area contributed by atoms with Crippen molar-refractivity contribution >= 4 is 11.6 Å². The summed E-state index contributed by atoms with van der Waals surface area (Å²) in [6.45, 7) is 0. The summed E-state index contributed by atoms with van der Waals surface area (Å²) in [7, 11) is 0. The van der Waals surface area contributed by atoms with Crippen molar-refractivity contribution in [2.75, 3.05) is 0 Å². The Balaban J connectivity index is 1.87. The Morgan fingerprint density at radius 1 is 1.33 bits per heavy atom. The highest BCUT2D eigenvalue weighted by atomic mass is 35.5. The maximum absolute atomic E-state index is 6.20. The van der Waals surface area contributed by atoms with Crippen molar-refractivity contribution in [3.05, 3.63) is 29.0 Å². The summed E-state index contributed by atoms with van der Waals surface area (Å²) in [5.41, 5.74) is 7.52. The van der Waals surface area contributed by atoms with Gasteiger partial charge in [0, 0.05) is 12.2 Å². The van der Waals surface area contributed by atoms with Gasteiger partial charge in [0.25, 0.3) is 0 Å². The lowest BCUT2D eigenvalue weighted by Gasteiger charge is -2.21.